The van der Waals surface area contributed by atoms with Gasteiger partial charge in [-0.2, -0.15) is 0 Å². The summed E-state index contributed by atoms with van der Waals surface area (Å²) in [6, 6.07) is 3.64. The van der Waals surface area contributed by atoms with Crippen LogP contribution in [-0.4, -0.2) is 43.6 Å². The maximum atomic E-state index is 9.44. The highest BCUT2D eigenvalue weighted by atomic mass is 16.5. The minimum atomic E-state index is -0.452. The quantitative estimate of drug-likeness (QED) is 0.723. The first-order valence-electron chi connectivity index (χ1n) is 5.17. The van der Waals surface area contributed by atoms with Gasteiger partial charge >= 0.3 is 0 Å². The highest BCUT2D eigenvalue weighted by Gasteiger charge is 2.05. The summed E-state index contributed by atoms with van der Waals surface area (Å²) >= 11 is 0. The van der Waals surface area contributed by atoms with E-state index in [4.69, 9.17) is 9.47 Å². The maximum Gasteiger partial charge on any atom is 0.168 e. The summed E-state index contributed by atoms with van der Waals surface area (Å²) < 4.78 is 9.97. The monoisotopic (exact) mass is 226 g/mol. The molecule has 16 heavy (non-hydrogen) atoms. The number of ether oxygens (including phenoxy) is 2. The van der Waals surface area contributed by atoms with Crippen molar-refractivity contribution in [1.29, 1.82) is 0 Å². The van der Waals surface area contributed by atoms with E-state index in [1.807, 2.05) is 12.1 Å². The molecule has 0 aliphatic heterocycles. The summed E-state index contributed by atoms with van der Waals surface area (Å²) in [5.74, 6) is 1.39. The van der Waals surface area contributed by atoms with E-state index in [-0.39, 0.29) is 0 Å². The molecule has 5 heteroatoms. The molecule has 5 nitrogen and oxygen atoms in total. The number of aromatic nitrogens is 1. The Hall–Kier alpha value is -1.33. The topological polar surface area (TPSA) is 63.6 Å². The Labute approximate surface area is 95.4 Å². The van der Waals surface area contributed by atoms with Crippen molar-refractivity contribution in [1.82, 2.24) is 4.98 Å². The third-order valence-electron chi connectivity index (χ3n) is 2.12. The average Bonchev–Trinajstić information content (AvgIpc) is 2.30. The molecule has 0 aliphatic carbocycles. The molecule has 0 aromatic carbocycles. The van der Waals surface area contributed by atoms with Crippen LogP contribution in [0.25, 0.3) is 0 Å². The Morgan fingerprint density at radius 1 is 1.50 bits per heavy atom. The number of rotatable bonds is 7. The van der Waals surface area contributed by atoms with Gasteiger partial charge in [0.1, 0.15) is 0 Å². The fourth-order valence-corrected chi connectivity index (χ4v) is 1.32. The molecule has 90 valence electrons. The normalized spacial score (nSPS) is 12.2. The summed E-state index contributed by atoms with van der Waals surface area (Å²) in [5, 5.41) is 12.5. The zero-order valence-electron chi connectivity index (χ0n) is 9.64. The van der Waals surface area contributed by atoms with E-state index in [0.29, 0.717) is 31.1 Å². The van der Waals surface area contributed by atoms with Crippen molar-refractivity contribution < 1.29 is 14.6 Å². The molecule has 0 saturated heterocycles. The zero-order chi connectivity index (χ0) is 11.8. The van der Waals surface area contributed by atoms with Crippen LogP contribution in [0.3, 0.4) is 0 Å². The van der Waals surface area contributed by atoms with Crippen LogP contribution in [0.15, 0.2) is 18.3 Å². The lowest BCUT2D eigenvalue weighted by Gasteiger charge is -2.12. The Morgan fingerprint density at radius 3 is 3.00 bits per heavy atom. The van der Waals surface area contributed by atoms with Crippen LogP contribution < -0.4 is 10.1 Å². The second-order valence-corrected chi connectivity index (χ2v) is 3.38. The van der Waals surface area contributed by atoms with E-state index < -0.39 is 6.10 Å². The van der Waals surface area contributed by atoms with Gasteiger partial charge in [-0.3, -0.25) is 0 Å². The minimum Gasteiger partial charge on any atom is -0.493 e. The highest BCUT2D eigenvalue weighted by Crippen LogP contribution is 2.19. The summed E-state index contributed by atoms with van der Waals surface area (Å²) in [4.78, 5) is 4.14. The summed E-state index contributed by atoms with van der Waals surface area (Å²) in [6.07, 6.45) is 1.84. The summed E-state index contributed by atoms with van der Waals surface area (Å²) in [6.45, 7) is 0.971. The number of pyridine rings is 1. The lowest BCUT2D eigenvalue weighted by atomic mass is 10.2. The number of hydrogen-bond donors (Lipinski definition) is 2. The molecule has 0 saturated carbocycles. The van der Waals surface area contributed by atoms with Crippen LogP contribution in [0.2, 0.25) is 0 Å². The van der Waals surface area contributed by atoms with Crippen LogP contribution in [0.4, 0.5) is 5.82 Å². The largest absolute Gasteiger partial charge is 0.493 e. The molecule has 0 bridgehead atoms. The van der Waals surface area contributed by atoms with Gasteiger partial charge in [-0.05, 0) is 18.6 Å². The molecule has 0 radical (unpaired) electrons. The summed E-state index contributed by atoms with van der Waals surface area (Å²) in [5.41, 5.74) is 0. The van der Waals surface area contributed by atoms with E-state index in [9.17, 15) is 5.11 Å². The molecule has 0 aliphatic rings. The van der Waals surface area contributed by atoms with Gasteiger partial charge in [0, 0.05) is 19.9 Å². The van der Waals surface area contributed by atoms with Gasteiger partial charge in [-0.15, -0.1) is 0 Å². The number of methoxy groups -OCH3 is 2. The van der Waals surface area contributed by atoms with Crippen molar-refractivity contribution in [2.45, 2.75) is 12.5 Å². The number of anilines is 1. The third-order valence-corrected chi connectivity index (χ3v) is 2.12. The van der Waals surface area contributed by atoms with Crippen LogP contribution >= 0.6 is 0 Å². The van der Waals surface area contributed by atoms with Gasteiger partial charge in [-0.1, -0.05) is 0 Å². The number of hydrogen-bond acceptors (Lipinski definition) is 5. The average molecular weight is 226 g/mol. The van der Waals surface area contributed by atoms with Crippen molar-refractivity contribution in [3.05, 3.63) is 18.3 Å². The second-order valence-electron chi connectivity index (χ2n) is 3.38. The fraction of sp³-hybridized carbons (Fsp3) is 0.545. The third kappa shape index (κ3) is 4.04. The standard InChI is InChI=1S/C11H18N2O3/c1-15-8-9(14)5-7-13-11-10(16-2)4-3-6-12-11/h3-4,6,9,14H,5,7-8H2,1-2H3,(H,12,13). The van der Waals surface area contributed by atoms with E-state index in [1.54, 1.807) is 20.4 Å². The van der Waals surface area contributed by atoms with Gasteiger partial charge in [0.05, 0.1) is 19.8 Å². The van der Waals surface area contributed by atoms with Crippen LogP contribution in [0, 0.1) is 0 Å². The van der Waals surface area contributed by atoms with Gasteiger partial charge in [0.15, 0.2) is 11.6 Å². The van der Waals surface area contributed by atoms with Crippen LogP contribution in [0.1, 0.15) is 6.42 Å². The number of aliphatic hydroxyl groups excluding tert-OH is 1. The molecule has 1 aromatic rings. The van der Waals surface area contributed by atoms with Crippen molar-refractivity contribution in [2.24, 2.45) is 0 Å². The summed E-state index contributed by atoms with van der Waals surface area (Å²) in [7, 11) is 3.17. The van der Waals surface area contributed by atoms with Crippen molar-refractivity contribution >= 4 is 5.82 Å². The second kappa shape index (κ2) is 7.03. The molecule has 2 N–H and O–H groups in total. The van der Waals surface area contributed by atoms with E-state index >= 15 is 0 Å². The molecule has 1 atom stereocenters. The highest BCUT2D eigenvalue weighted by molar-refractivity contribution is 5.49. The lowest BCUT2D eigenvalue weighted by molar-refractivity contribution is 0.0615. The Balaban J connectivity index is 2.36. The van der Waals surface area contributed by atoms with E-state index in [0.717, 1.165) is 0 Å². The van der Waals surface area contributed by atoms with Gasteiger partial charge in [0.25, 0.3) is 0 Å². The molecule has 0 spiro atoms. The Bertz CT molecular complexity index is 307. The molecular formula is C11H18N2O3. The SMILES string of the molecule is COCC(O)CCNc1ncccc1OC. The van der Waals surface area contributed by atoms with Gasteiger partial charge in [0.2, 0.25) is 0 Å². The molecular weight excluding hydrogens is 208 g/mol. The van der Waals surface area contributed by atoms with Gasteiger partial charge in [-0.25, -0.2) is 4.98 Å². The smallest absolute Gasteiger partial charge is 0.168 e. The number of nitrogens with one attached hydrogen (secondary N) is 1. The molecule has 1 heterocycles. The Kier molecular flexibility index (Phi) is 5.60. The molecule has 1 aromatic heterocycles. The van der Waals surface area contributed by atoms with Crippen molar-refractivity contribution in [2.75, 3.05) is 32.7 Å². The molecule has 0 fully saturated rings. The van der Waals surface area contributed by atoms with E-state index in [1.165, 1.54) is 0 Å². The first-order valence-corrected chi connectivity index (χ1v) is 5.17. The predicted octanol–water partition coefficient (Wildman–Crippen LogP) is 0.899. The van der Waals surface area contributed by atoms with Crippen LogP contribution in [-0.2, 0) is 4.74 Å². The molecule has 1 rings (SSSR count). The van der Waals surface area contributed by atoms with Crippen molar-refractivity contribution in [3.8, 4) is 5.75 Å². The number of aliphatic hydroxyl groups is 1. The molecule has 1 unspecified atom stereocenters. The lowest BCUT2D eigenvalue weighted by Crippen LogP contribution is -2.18. The molecule has 0 amide bonds. The number of nitrogens with zero attached hydrogens (tertiary/aromatic N) is 1. The first kappa shape index (κ1) is 12.7. The first-order chi connectivity index (χ1) is 7.77. The fourth-order valence-electron chi connectivity index (χ4n) is 1.32. The Morgan fingerprint density at radius 2 is 2.31 bits per heavy atom. The van der Waals surface area contributed by atoms with Gasteiger partial charge < -0.3 is 19.9 Å². The predicted molar refractivity (Wildman–Crippen MR) is 61.8 cm³/mol. The minimum absolute atomic E-state index is 0.348. The van der Waals surface area contributed by atoms with Crippen LogP contribution in [0.5, 0.6) is 5.75 Å². The van der Waals surface area contributed by atoms with Crippen molar-refractivity contribution in [3.63, 3.8) is 0 Å². The maximum absolute atomic E-state index is 9.44. The van der Waals surface area contributed by atoms with E-state index in [2.05, 4.69) is 10.3 Å². The zero-order valence-corrected chi connectivity index (χ0v) is 9.64.